The molecule has 1 heterocycles. The van der Waals surface area contributed by atoms with Gasteiger partial charge < -0.3 is 14.4 Å². The van der Waals surface area contributed by atoms with Crippen molar-refractivity contribution in [3.05, 3.63) is 97.6 Å². The number of thiocarbonyl (C=S) groups is 1. The van der Waals surface area contributed by atoms with Crippen LogP contribution in [0.3, 0.4) is 0 Å². The number of methoxy groups -OCH3 is 1. The van der Waals surface area contributed by atoms with Crippen molar-refractivity contribution in [2.24, 2.45) is 0 Å². The van der Waals surface area contributed by atoms with Crippen LogP contribution in [-0.2, 0) is 27.4 Å². The summed E-state index contributed by atoms with van der Waals surface area (Å²) in [6, 6.07) is 18.2. The van der Waals surface area contributed by atoms with Crippen LogP contribution in [0.25, 0.3) is 6.08 Å². The van der Waals surface area contributed by atoms with E-state index in [-0.39, 0.29) is 29.9 Å². The Hall–Kier alpha value is -2.91. The molecule has 0 bridgehead atoms. The summed E-state index contributed by atoms with van der Waals surface area (Å²) >= 11 is 21.4. The Morgan fingerprint density at radius 2 is 1.82 bits per heavy atom. The summed E-state index contributed by atoms with van der Waals surface area (Å²) in [6.07, 6.45) is 2.56. The van der Waals surface area contributed by atoms with Crippen molar-refractivity contribution in [2.45, 2.75) is 20.0 Å². The van der Waals surface area contributed by atoms with Crippen molar-refractivity contribution in [2.75, 3.05) is 18.6 Å². The molecule has 10 heteroatoms. The normalized spacial score (nSPS) is 14.4. The molecular weight excluding hydrogens is 611 g/mol. The van der Waals surface area contributed by atoms with E-state index in [1.165, 1.54) is 16.9 Å². The van der Waals surface area contributed by atoms with Gasteiger partial charge in [0.15, 0.2) is 5.11 Å². The lowest BCUT2D eigenvalue weighted by molar-refractivity contribution is -0.140. The molecule has 1 amide bonds. The summed E-state index contributed by atoms with van der Waals surface area (Å²) in [5.41, 5.74) is 3.52. The molecule has 1 aliphatic rings. The second kappa shape index (κ2) is 12.3. The first-order valence-electron chi connectivity index (χ1n) is 11.6. The Morgan fingerprint density at radius 3 is 2.45 bits per heavy atom. The number of carbonyl (C=O) groups is 2. The predicted molar refractivity (Wildman–Crippen MR) is 158 cm³/mol. The minimum absolute atomic E-state index is 0.194. The molecule has 1 saturated heterocycles. The highest BCUT2D eigenvalue weighted by Gasteiger charge is 2.40. The van der Waals surface area contributed by atoms with Gasteiger partial charge in [-0.25, -0.2) is 0 Å². The molecule has 196 valence electrons. The smallest absolute Gasteiger partial charge is 0.325 e. The summed E-state index contributed by atoms with van der Waals surface area (Å²) in [4.78, 5) is 28.6. The highest BCUT2D eigenvalue weighted by molar-refractivity contribution is 9.10. The summed E-state index contributed by atoms with van der Waals surface area (Å²) in [6.45, 7) is 2.11. The number of esters is 1. The minimum Gasteiger partial charge on any atom is -0.488 e. The van der Waals surface area contributed by atoms with Crippen LogP contribution in [-0.4, -0.2) is 35.5 Å². The summed E-state index contributed by atoms with van der Waals surface area (Å²) < 4.78 is 11.4. The van der Waals surface area contributed by atoms with Crippen LogP contribution in [0.15, 0.2) is 70.8 Å². The molecule has 3 aromatic carbocycles. The fraction of sp³-hybridized carbons (Fsp3) is 0.179. The average molecular weight is 634 g/mol. The standard InChI is InChI=1S/C28H23BrCl2N2O4S/c1-3-17-4-9-21(10-5-17)33-27(35)24(32(28(33)38)15-26(34)36-2)13-18-6-11-25(22(29)12-18)37-16-19-7-8-20(30)14-23(19)31/h4-14H,3,15-16H2,1-2H3/b24-13-. The summed E-state index contributed by atoms with van der Waals surface area (Å²) in [5, 5.41) is 1.27. The first kappa shape index (κ1) is 28.1. The monoisotopic (exact) mass is 632 g/mol. The molecule has 0 aliphatic carbocycles. The van der Waals surface area contributed by atoms with Gasteiger partial charge in [0.2, 0.25) is 0 Å². The van der Waals surface area contributed by atoms with Gasteiger partial charge in [0, 0.05) is 15.6 Å². The largest absolute Gasteiger partial charge is 0.488 e. The first-order chi connectivity index (χ1) is 18.2. The van der Waals surface area contributed by atoms with E-state index in [9.17, 15) is 9.59 Å². The summed E-state index contributed by atoms with van der Waals surface area (Å²) in [7, 11) is 1.29. The van der Waals surface area contributed by atoms with Crippen LogP contribution >= 0.6 is 51.3 Å². The number of amides is 1. The van der Waals surface area contributed by atoms with Crippen LogP contribution < -0.4 is 9.64 Å². The Labute approximate surface area is 244 Å². The molecule has 1 fully saturated rings. The Bertz CT molecular complexity index is 1430. The zero-order valence-electron chi connectivity index (χ0n) is 20.5. The highest BCUT2D eigenvalue weighted by Crippen LogP contribution is 2.32. The maximum atomic E-state index is 13.5. The molecular formula is C28H23BrCl2N2O4S. The van der Waals surface area contributed by atoms with Crippen LogP contribution in [0.4, 0.5) is 5.69 Å². The molecule has 4 rings (SSSR count). The molecule has 0 unspecified atom stereocenters. The van der Waals surface area contributed by atoms with E-state index in [1.54, 1.807) is 24.3 Å². The van der Waals surface area contributed by atoms with Crippen molar-refractivity contribution in [3.63, 3.8) is 0 Å². The van der Waals surface area contributed by atoms with Gasteiger partial charge in [-0.05, 0) is 88.2 Å². The molecule has 0 spiro atoms. The van der Waals surface area contributed by atoms with E-state index in [1.807, 2.05) is 42.5 Å². The third-order valence-corrected chi connectivity index (χ3v) is 7.52. The number of halogens is 3. The zero-order chi connectivity index (χ0) is 27.4. The predicted octanol–water partition coefficient (Wildman–Crippen LogP) is 7.04. The number of aryl methyl sites for hydroxylation is 1. The average Bonchev–Trinajstić information content (AvgIpc) is 3.12. The number of hydrogen-bond donors (Lipinski definition) is 0. The number of ether oxygens (including phenoxy) is 2. The number of anilines is 1. The fourth-order valence-corrected chi connectivity index (χ4v) is 5.14. The van der Waals surface area contributed by atoms with Crippen LogP contribution in [0, 0.1) is 0 Å². The quantitative estimate of drug-likeness (QED) is 0.151. The lowest BCUT2D eigenvalue weighted by Gasteiger charge is -2.19. The van der Waals surface area contributed by atoms with Gasteiger partial charge in [0.1, 0.15) is 24.6 Å². The Balaban J connectivity index is 1.61. The molecule has 0 saturated carbocycles. The van der Waals surface area contributed by atoms with Crippen molar-refractivity contribution >= 4 is 80.1 Å². The van der Waals surface area contributed by atoms with Gasteiger partial charge in [-0.1, -0.05) is 54.4 Å². The molecule has 1 aliphatic heterocycles. The lowest BCUT2D eigenvalue weighted by atomic mass is 10.1. The molecule has 0 N–H and O–H groups in total. The van der Waals surface area contributed by atoms with E-state index < -0.39 is 5.97 Å². The number of carbonyl (C=O) groups excluding carboxylic acids is 2. The SMILES string of the molecule is CCc1ccc(N2C(=O)/C(=C/c3ccc(OCc4ccc(Cl)cc4Cl)c(Br)c3)N(CC(=O)OC)C2=S)cc1. The summed E-state index contributed by atoms with van der Waals surface area (Å²) in [5.74, 6) is -0.257. The van der Waals surface area contributed by atoms with Gasteiger partial charge in [-0.3, -0.25) is 14.5 Å². The molecule has 0 radical (unpaired) electrons. The Kier molecular flexibility index (Phi) is 9.10. The number of hydrogen-bond acceptors (Lipinski definition) is 5. The van der Waals surface area contributed by atoms with E-state index in [4.69, 9.17) is 44.9 Å². The van der Waals surface area contributed by atoms with Crippen molar-refractivity contribution in [1.82, 2.24) is 4.90 Å². The molecule has 0 aromatic heterocycles. The van der Waals surface area contributed by atoms with Gasteiger partial charge in [-0.2, -0.15) is 0 Å². The topological polar surface area (TPSA) is 59.1 Å². The van der Waals surface area contributed by atoms with Crippen molar-refractivity contribution in [1.29, 1.82) is 0 Å². The minimum atomic E-state index is -0.514. The number of benzene rings is 3. The third kappa shape index (κ3) is 6.21. The first-order valence-corrected chi connectivity index (χ1v) is 13.6. The van der Waals surface area contributed by atoms with E-state index >= 15 is 0 Å². The van der Waals surface area contributed by atoms with Gasteiger partial charge in [0.25, 0.3) is 5.91 Å². The van der Waals surface area contributed by atoms with E-state index in [0.29, 0.717) is 31.5 Å². The van der Waals surface area contributed by atoms with Gasteiger partial charge in [-0.15, -0.1) is 0 Å². The zero-order valence-corrected chi connectivity index (χ0v) is 24.5. The lowest BCUT2D eigenvalue weighted by Crippen LogP contribution is -2.35. The number of nitrogens with zero attached hydrogens (tertiary/aromatic N) is 2. The fourth-order valence-electron chi connectivity index (χ4n) is 3.81. The molecule has 38 heavy (non-hydrogen) atoms. The molecule has 0 atom stereocenters. The van der Waals surface area contributed by atoms with Crippen LogP contribution in [0.1, 0.15) is 23.6 Å². The van der Waals surface area contributed by atoms with Gasteiger partial charge in [0.05, 0.1) is 17.3 Å². The van der Waals surface area contributed by atoms with Crippen LogP contribution in [0.5, 0.6) is 5.75 Å². The highest BCUT2D eigenvalue weighted by atomic mass is 79.9. The maximum absolute atomic E-state index is 13.5. The van der Waals surface area contributed by atoms with Crippen molar-refractivity contribution in [3.8, 4) is 5.75 Å². The van der Waals surface area contributed by atoms with Gasteiger partial charge >= 0.3 is 5.97 Å². The second-order valence-electron chi connectivity index (χ2n) is 8.35. The maximum Gasteiger partial charge on any atom is 0.325 e. The second-order valence-corrected chi connectivity index (χ2v) is 10.4. The number of rotatable bonds is 8. The van der Waals surface area contributed by atoms with E-state index in [0.717, 1.165) is 17.5 Å². The van der Waals surface area contributed by atoms with E-state index in [2.05, 4.69) is 22.9 Å². The Morgan fingerprint density at radius 1 is 1.08 bits per heavy atom. The third-order valence-electron chi connectivity index (χ3n) is 5.91. The van der Waals surface area contributed by atoms with Crippen LogP contribution in [0.2, 0.25) is 10.0 Å². The molecule has 3 aromatic rings. The molecule has 6 nitrogen and oxygen atoms in total. The van der Waals surface area contributed by atoms with Crippen molar-refractivity contribution < 1.29 is 19.1 Å².